The van der Waals surface area contributed by atoms with Crippen LogP contribution in [0.1, 0.15) is 12.0 Å². The van der Waals surface area contributed by atoms with Crippen LogP contribution in [0, 0.1) is 23.6 Å². The summed E-state index contributed by atoms with van der Waals surface area (Å²) in [6.45, 7) is -0.323. The van der Waals surface area contributed by atoms with Gasteiger partial charge in [0.15, 0.2) is 9.84 Å². The number of anilines is 1. The van der Waals surface area contributed by atoms with Crippen LogP contribution in [0.15, 0.2) is 18.2 Å². The fourth-order valence-corrected chi connectivity index (χ4v) is 3.81. The molecule has 0 aromatic heterocycles. The van der Waals surface area contributed by atoms with E-state index in [9.17, 15) is 17.6 Å². The molecule has 1 amide bonds. The smallest absolute Gasteiger partial charge is 0.228 e. The Labute approximate surface area is 122 Å². The van der Waals surface area contributed by atoms with Crippen molar-refractivity contribution < 1.29 is 22.7 Å². The second-order valence-corrected chi connectivity index (χ2v) is 6.97. The minimum atomic E-state index is -3.16. The molecule has 0 radical (unpaired) electrons. The first-order chi connectivity index (χ1) is 9.91. The Morgan fingerprint density at radius 1 is 1.48 bits per heavy atom. The molecule has 1 aromatic rings. The lowest BCUT2D eigenvalue weighted by Gasteiger charge is -2.10. The molecule has 1 aliphatic heterocycles. The maximum Gasteiger partial charge on any atom is 0.228 e. The third-order valence-corrected chi connectivity index (χ3v) is 4.91. The molecular formula is C14H14FNO4S. The molecule has 0 bridgehead atoms. The second kappa shape index (κ2) is 6.24. The van der Waals surface area contributed by atoms with Crippen LogP contribution >= 0.6 is 0 Å². The quantitative estimate of drug-likeness (QED) is 0.781. The summed E-state index contributed by atoms with van der Waals surface area (Å²) in [4.78, 5) is 11.9. The van der Waals surface area contributed by atoms with Crippen molar-refractivity contribution in [1.29, 1.82) is 0 Å². The molecule has 1 heterocycles. The number of amides is 1. The van der Waals surface area contributed by atoms with Crippen molar-refractivity contribution in [2.45, 2.75) is 6.42 Å². The van der Waals surface area contributed by atoms with Gasteiger partial charge in [-0.3, -0.25) is 4.79 Å². The van der Waals surface area contributed by atoms with Gasteiger partial charge in [-0.15, -0.1) is 0 Å². The van der Waals surface area contributed by atoms with E-state index in [0.717, 1.165) is 6.07 Å². The molecule has 2 rings (SSSR count). The van der Waals surface area contributed by atoms with Crippen LogP contribution in [-0.4, -0.2) is 37.5 Å². The van der Waals surface area contributed by atoms with Crippen molar-refractivity contribution in [3.8, 4) is 11.8 Å². The van der Waals surface area contributed by atoms with Gasteiger partial charge in [-0.25, -0.2) is 12.8 Å². The lowest BCUT2D eigenvalue weighted by molar-refractivity contribution is -0.119. The number of hydrogen-bond donors (Lipinski definition) is 2. The van der Waals surface area contributed by atoms with Gasteiger partial charge in [0, 0.05) is 5.56 Å². The lowest BCUT2D eigenvalue weighted by Crippen LogP contribution is -2.24. The number of benzene rings is 1. The summed E-state index contributed by atoms with van der Waals surface area (Å²) in [5, 5.41) is 11.0. The predicted octanol–water partition coefficient (Wildman–Crippen LogP) is 0.543. The van der Waals surface area contributed by atoms with Gasteiger partial charge in [-0.1, -0.05) is 11.8 Å². The fraction of sp³-hybridized carbons (Fsp3) is 0.357. The number of halogens is 1. The van der Waals surface area contributed by atoms with Crippen LogP contribution in [-0.2, 0) is 14.6 Å². The van der Waals surface area contributed by atoms with Crippen LogP contribution in [0.2, 0.25) is 0 Å². The third-order valence-electron chi connectivity index (χ3n) is 3.14. The highest BCUT2D eigenvalue weighted by Gasteiger charge is 2.33. The number of hydrogen-bond acceptors (Lipinski definition) is 4. The Balaban J connectivity index is 2.08. The van der Waals surface area contributed by atoms with Gasteiger partial charge in [0.2, 0.25) is 5.91 Å². The molecule has 0 aliphatic carbocycles. The van der Waals surface area contributed by atoms with E-state index < -0.39 is 27.5 Å². The monoisotopic (exact) mass is 311 g/mol. The van der Waals surface area contributed by atoms with Crippen molar-refractivity contribution in [2.24, 2.45) is 5.92 Å². The summed E-state index contributed by atoms with van der Waals surface area (Å²) >= 11 is 0. The Bertz CT molecular complexity index is 718. The Kier molecular flexibility index (Phi) is 4.60. The first-order valence-electron chi connectivity index (χ1n) is 6.32. The molecule has 5 nitrogen and oxygen atoms in total. The first-order valence-corrected chi connectivity index (χ1v) is 8.14. The van der Waals surface area contributed by atoms with Gasteiger partial charge in [0.05, 0.1) is 23.1 Å². The van der Waals surface area contributed by atoms with Crippen molar-refractivity contribution in [1.82, 2.24) is 0 Å². The van der Waals surface area contributed by atoms with E-state index in [4.69, 9.17) is 5.11 Å². The van der Waals surface area contributed by atoms with E-state index in [2.05, 4.69) is 17.2 Å². The van der Waals surface area contributed by atoms with Crippen LogP contribution in [0.25, 0.3) is 0 Å². The lowest BCUT2D eigenvalue weighted by atomic mass is 10.1. The molecule has 1 aromatic carbocycles. The first kappa shape index (κ1) is 15.5. The van der Waals surface area contributed by atoms with Crippen molar-refractivity contribution >= 4 is 21.4 Å². The average Bonchev–Trinajstić information content (AvgIpc) is 2.79. The third kappa shape index (κ3) is 4.03. The van der Waals surface area contributed by atoms with Crippen molar-refractivity contribution in [3.05, 3.63) is 29.6 Å². The van der Waals surface area contributed by atoms with Gasteiger partial charge in [0.1, 0.15) is 12.4 Å². The van der Waals surface area contributed by atoms with Gasteiger partial charge < -0.3 is 10.4 Å². The summed E-state index contributed by atoms with van der Waals surface area (Å²) < 4.78 is 36.5. The molecule has 1 saturated heterocycles. The zero-order chi connectivity index (χ0) is 15.5. The van der Waals surface area contributed by atoms with Crippen molar-refractivity contribution in [3.63, 3.8) is 0 Å². The molecule has 1 aliphatic rings. The van der Waals surface area contributed by atoms with Gasteiger partial charge in [0.25, 0.3) is 0 Å². The highest BCUT2D eigenvalue weighted by atomic mass is 32.2. The van der Waals surface area contributed by atoms with E-state index in [1.165, 1.54) is 12.1 Å². The molecular weight excluding hydrogens is 297 g/mol. The molecule has 2 N–H and O–H groups in total. The fourth-order valence-electron chi connectivity index (χ4n) is 2.07. The van der Waals surface area contributed by atoms with E-state index >= 15 is 0 Å². The number of aliphatic hydroxyl groups is 1. The Hall–Kier alpha value is -1.91. The molecule has 0 spiro atoms. The SMILES string of the molecule is O=C(Nc1ccc(C#CCO)cc1F)C1CCS(=O)(=O)C1. The average molecular weight is 311 g/mol. The maximum absolute atomic E-state index is 13.8. The number of sulfone groups is 1. The molecule has 1 unspecified atom stereocenters. The number of aliphatic hydroxyl groups excluding tert-OH is 1. The predicted molar refractivity (Wildman–Crippen MR) is 75.8 cm³/mol. The van der Waals surface area contributed by atoms with Gasteiger partial charge in [-0.2, -0.15) is 0 Å². The number of carbonyl (C=O) groups excluding carboxylic acids is 1. The topological polar surface area (TPSA) is 83.5 Å². The minimum absolute atomic E-state index is 0.0107. The second-order valence-electron chi connectivity index (χ2n) is 4.74. The number of rotatable bonds is 2. The minimum Gasteiger partial charge on any atom is -0.384 e. The van der Waals surface area contributed by atoms with E-state index in [1.807, 2.05) is 0 Å². The Morgan fingerprint density at radius 3 is 2.81 bits per heavy atom. The van der Waals surface area contributed by atoms with Crippen LogP contribution in [0.5, 0.6) is 0 Å². The Morgan fingerprint density at radius 2 is 2.24 bits per heavy atom. The van der Waals surface area contributed by atoms with Crippen LogP contribution < -0.4 is 5.32 Å². The summed E-state index contributed by atoms with van der Waals surface area (Å²) in [5.41, 5.74) is 0.363. The van der Waals surface area contributed by atoms with Gasteiger partial charge >= 0.3 is 0 Å². The van der Waals surface area contributed by atoms with Crippen molar-refractivity contribution in [2.75, 3.05) is 23.4 Å². The normalized spacial score (nSPS) is 19.6. The summed E-state index contributed by atoms with van der Waals surface area (Å²) in [7, 11) is -3.16. The molecule has 0 saturated carbocycles. The highest BCUT2D eigenvalue weighted by molar-refractivity contribution is 7.91. The molecule has 21 heavy (non-hydrogen) atoms. The highest BCUT2D eigenvalue weighted by Crippen LogP contribution is 2.22. The zero-order valence-corrected chi connectivity index (χ0v) is 11.9. The zero-order valence-electron chi connectivity index (χ0n) is 11.1. The molecule has 7 heteroatoms. The molecule has 1 atom stereocenters. The number of nitrogens with one attached hydrogen (secondary N) is 1. The van der Waals surface area contributed by atoms with E-state index in [1.54, 1.807) is 0 Å². The van der Waals surface area contributed by atoms with E-state index in [-0.39, 0.29) is 30.2 Å². The standard InChI is InChI=1S/C14H14FNO4S/c15-12-8-10(2-1-6-17)3-4-13(12)16-14(18)11-5-7-21(19,20)9-11/h3-4,8,11,17H,5-7,9H2,(H,16,18). The maximum atomic E-state index is 13.8. The van der Waals surface area contributed by atoms with Crippen LogP contribution in [0.3, 0.4) is 0 Å². The van der Waals surface area contributed by atoms with Crippen LogP contribution in [0.4, 0.5) is 10.1 Å². The summed E-state index contributed by atoms with van der Waals surface area (Å²) in [5.74, 6) is 2.95. The van der Waals surface area contributed by atoms with Gasteiger partial charge in [-0.05, 0) is 24.6 Å². The molecule has 1 fully saturated rings. The molecule has 112 valence electrons. The summed E-state index contributed by atoms with van der Waals surface area (Å²) in [6.07, 6.45) is 0.260. The number of carbonyl (C=O) groups is 1. The van der Waals surface area contributed by atoms with E-state index in [0.29, 0.717) is 5.56 Å². The summed E-state index contributed by atoms with van der Waals surface area (Å²) in [6, 6.07) is 4.01. The largest absolute Gasteiger partial charge is 0.384 e.